The number of nitrogens with one attached hydrogen (secondary N) is 1. The van der Waals surface area contributed by atoms with Crippen LogP contribution in [0.25, 0.3) is 0 Å². The Morgan fingerprint density at radius 3 is 2.27 bits per heavy atom. The average molecular weight is 478 g/mol. The van der Waals surface area contributed by atoms with Gasteiger partial charge in [-0.05, 0) is 31.5 Å². The van der Waals surface area contributed by atoms with Crippen LogP contribution in [0.5, 0.6) is 11.5 Å². The van der Waals surface area contributed by atoms with Crippen molar-refractivity contribution in [3.63, 3.8) is 0 Å². The molecule has 180 valence electrons. The van der Waals surface area contributed by atoms with Gasteiger partial charge >= 0.3 is 0 Å². The summed E-state index contributed by atoms with van der Waals surface area (Å²) in [6.07, 6.45) is 1.02. The van der Waals surface area contributed by atoms with Crippen molar-refractivity contribution < 1.29 is 27.5 Å². The Kier molecular flexibility index (Phi) is 8.69. The molecule has 0 aliphatic rings. The maximum atomic E-state index is 13.4. The number of amides is 2. The van der Waals surface area contributed by atoms with Crippen LogP contribution in [0.1, 0.15) is 18.1 Å². The number of rotatable bonds is 10. The lowest BCUT2D eigenvalue weighted by Gasteiger charge is -2.31. The van der Waals surface area contributed by atoms with Crippen molar-refractivity contribution in [1.29, 1.82) is 0 Å². The van der Waals surface area contributed by atoms with Gasteiger partial charge in [-0.1, -0.05) is 29.8 Å². The van der Waals surface area contributed by atoms with E-state index in [9.17, 15) is 18.0 Å². The van der Waals surface area contributed by atoms with Gasteiger partial charge in [-0.15, -0.1) is 0 Å². The molecule has 2 aromatic carbocycles. The molecular formula is C23H31N3O6S. The summed E-state index contributed by atoms with van der Waals surface area (Å²) in [5, 5.41) is 2.55. The van der Waals surface area contributed by atoms with Crippen LogP contribution in [0, 0.1) is 6.92 Å². The molecule has 1 atom stereocenters. The number of carbonyl (C=O) groups excluding carboxylic acids is 2. The number of nitrogens with zero attached hydrogens (tertiary/aromatic N) is 2. The molecule has 2 amide bonds. The minimum atomic E-state index is -3.83. The largest absolute Gasteiger partial charge is 0.493 e. The second-order valence-electron chi connectivity index (χ2n) is 7.61. The molecule has 0 saturated heterocycles. The highest BCUT2D eigenvalue weighted by Gasteiger charge is 2.30. The second kappa shape index (κ2) is 11.0. The molecule has 0 bridgehead atoms. The Bertz CT molecular complexity index is 1100. The van der Waals surface area contributed by atoms with Crippen LogP contribution < -0.4 is 19.1 Å². The molecular weight excluding hydrogens is 446 g/mol. The summed E-state index contributed by atoms with van der Waals surface area (Å²) in [4.78, 5) is 27.1. The third kappa shape index (κ3) is 6.61. The molecule has 0 fully saturated rings. The molecule has 1 N–H and O–H groups in total. The van der Waals surface area contributed by atoms with Gasteiger partial charge in [-0.2, -0.15) is 0 Å². The first-order valence-corrected chi connectivity index (χ1v) is 12.1. The minimum Gasteiger partial charge on any atom is -0.493 e. The van der Waals surface area contributed by atoms with E-state index in [2.05, 4.69) is 5.32 Å². The van der Waals surface area contributed by atoms with E-state index in [0.717, 1.165) is 21.7 Å². The summed E-state index contributed by atoms with van der Waals surface area (Å²) in [6.45, 7) is 3.20. The fourth-order valence-corrected chi connectivity index (χ4v) is 4.23. The fraction of sp³-hybridized carbons (Fsp3) is 0.391. The summed E-state index contributed by atoms with van der Waals surface area (Å²) < 4.78 is 36.7. The van der Waals surface area contributed by atoms with Crippen LogP contribution in [0.4, 0.5) is 5.69 Å². The first-order valence-electron chi connectivity index (χ1n) is 10.3. The van der Waals surface area contributed by atoms with Crippen molar-refractivity contribution in [2.24, 2.45) is 0 Å². The van der Waals surface area contributed by atoms with Crippen molar-refractivity contribution in [2.75, 3.05) is 38.4 Å². The lowest BCUT2D eigenvalue weighted by atomic mass is 10.1. The zero-order valence-corrected chi connectivity index (χ0v) is 20.6. The number of ether oxygens (including phenoxy) is 2. The Morgan fingerprint density at radius 2 is 1.73 bits per heavy atom. The molecule has 2 rings (SSSR count). The predicted molar refractivity (Wildman–Crippen MR) is 127 cm³/mol. The number of anilines is 1. The third-order valence-corrected chi connectivity index (χ3v) is 6.32. The second-order valence-corrected chi connectivity index (χ2v) is 9.52. The highest BCUT2D eigenvalue weighted by molar-refractivity contribution is 7.92. The summed E-state index contributed by atoms with van der Waals surface area (Å²) in [5.41, 5.74) is 2.08. The number of carbonyl (C=O) groups is 2. The zero-order chi connectivity index (χ0) is 24.8. The summed E-state index contributed by atoms with van der Waals surface area (Å²) in [7, 11) is 0.561. The Morgan fingerprint density at radius 1 is 1.06 bits per heavy atom. The highest BCUT2D eigenvalue weighted by Crippen LogP contribution is 2.32. The number of aryl methyl sites for hydroxylation is 1. The normalized spacial score (nSPS) is 11.9. The van der Waals surface area contributed by atoms with Crippen molar-refractivity contribution in [1.82, 2.24) is 10.2 Å². The van der Waals surface area contributed by atoms with Crippen molar-refractivity contribution in [3.05, 3.63) is 53.6 Å². The van der Waals surface area contributed by atoms with Crippen molar-refractivity contribution in [2.45, 2.75) is 26.4 Å². The molecule has 0 aliphatic heterocycles. The fourth-order valence-electron chi connectivity index (χ4n) is 3.39. The zero-order valence-electron chi connectivity index (χ0n) is 19.8. The minimum absolute atomic E-state index is 0.151. The van der Waals surface area contributed by atoms with E-state index in [0.29, 0.717) is 11.5 Å². The topological polar surface area (TPSA) is 105 Å². The maximum Gasteiger partial charge on any atom is 0.244 e. The molecule has 2 aromatic rings. The summed E-state index contributed by atoms with van der Waals surface area (Å²) >= 11 is 0. The van der Waals surface area contributed by atoms with E-state index in [1.807, 2.05) is 31.2 Å². The predicted octanol–water partition coefficient (Wildman–Crippen LogP) is 1.94. The van der Waals surface area contributed by atoms with Gasteiger partial charge in [-0.25, -0.2) is 8.42 Å². The summed E-state index contributed by atoms with van der Waals surface area (Å²) in [6, 6.07) is 11.3. The van der Waals surface area contributed by atoms with Gasteiger partial charge in [0.05, 0.1) is 26.2 Å². The highest BCUT2D eigenvalue weighted by atomic mass is 32.2. The van der Waals surface area contributed by atoms with E-state index in [4.69, 9.17) is 9.47 Å². The lowest BCUT2D eigenvalue weighted by molar-refractivity contribution is -0.139. The van der Waals surface area contributed by atoms with Gasteiger partial charge in [0.2, 0.25) is 21.8 Å². The maximum absolute atomic E-state index is 13.4. The monoisotopic (exact) mass is 477 g/mol. The van der Waals surface area contributed by atoms with E-state index in [-0.39, 0.29) is 18.1 Å². The number of sulfonamides is 1. The molecule has 0 radical (unpaired) electrons. The average Bonchev–Trinajstić information content (AvgIpc) is 2.78. The number of hydrogen-bond acceptors (Lipinski definition) is 6. The number of likely N-dealkylation sites (N-methyl/N-ethyl adjacent to an activating group) is 1. The standard InChI is InChI=1S/C23H31N3O6S/c1-16-8-7-9-18(12-16)14-25(17(2)23(28)24-3)22(27)15-26(33(6,29)30)19-10-11-20(31-4)21(13-19)32-5/h7-13,17H,14-15H2,1-6H3,(H,24,28)/t17-/m0/s1. The Balaban J connectivity index is 2.43. The summed E-state index contributed by atoms with van der Waals surface area (Å²) in [5.74, 6) is -0.123. The van der Waals surface area contributed by atoms with Gasteiger partial charge < -0.3 is 19.7 Å². The molecule has 0 aliphatic carbocycles. The van der Waals surface area contributed by atoms with Crippen molar-refractivity contribution >= 4 is 27.5 Å². The SMILES string of the molecule is CNC(=O)[C@H](C)N(Cc1cccc(C)c1)C(=O)CN(c1ccc(OC)c(OC)c1)S(C)(=O)=O. The van der Waals surface area contributed by atoms with Gasteiger partial charge in [0.15, 0.2) is 11.5 Å². The molecule has 0 spiro atoms. The van der Waals surface area contributed by atoms with Gasteiger partial charge in [0, 0.05) is 19.7 Å². The smallest absolute Gasteiger partial charge is 0.244 e. The Labute approximate surface area is 195 Å². The molecule has 0 aromatic heterocycles. The van der Waals surface area contributed by atoms with E-state index < -0.39 is 28.5 Å². The third-order valence-electron chi connectivity index (χ3n) is 5.18. The first kappa shape index (κ1) is 26.0. The number of benzene rings is 2. The van der Waals surface area contributed by atoms with Crippen LogP contribution in [0.2, 0.25) is 0 Å². The quantitative estimate of drug-likeness (QED) is 0.561. The van der Waals surface area contributed by atoms with Gasteiger partial charge in [0.1, 0.15) is 12.6 Å². The number of hydrogen-bond donors (Lipinski definition) is 1. The van der Waals surface area contributed by atoms with Crippen molar-refractivity contribution in [3.8, 4) is 11.5 Å². The van der Waals surface area contributed by atoms with E-state index >= 15 is 0 Å². The van der Waals surface area contributed by atoms with Gasteiger partial charge in [-0.3, -0.25) is 13.9 Å². The van der Waals surface area contributed by atoms with Gasteiger partial charge in [0.25, 0.3) is 0 Å². The van der Waals surface area contributed by atoms with E-state index in [1.165, 1.54) is 38.3 Å². The molecule has 33 heavy (non-hydrogen) atoms. The first-order chi connectivity index (χ1) is 15.5. The molecule has 0 saturated carbocycles. The molecule has 0 heterocycles. The molecule has 9 nitrogen and oxygen atoms in total. The molecule has 10 heteroatoms. The Hall–Kier alpha value is -3.27. The van der Waals surface area contributed by atoms with E-state index in [1.54, 1.807) is 13.0 Å². The van der Waals surface area contributed by atoms with Crippen LogP contribution in [-0.4, -0.2) is 65.2 Å². The number of methoxy groups -OCH3 is 2. The van der Waals surface area contributed by atoms with Crippen LogP contribution >= 0.6 is 0 Å². The van der Waals surface area contributed by atoms with Crippen LogP contribution in [0.15, 0.2) is 42.5 Å². The lowest BCUT2D eigenvalue weighted by Crippen LogP contribution is -2.50. The van der Waals surface area contributed by atoms with Crippen LogP contribution in [-0.2, 0) is 26.2 Å². The van der Waals surface area contributed by atoms with Crippen LogP contribution in [0.3, 0.4) is 0 Å². The molecule has 0 unspecified atom stereocenters.